The monoisotopic (exact) mass is 858 g/mol. The molecule has 1 amide bonds. The maximum atomic E-state index is 13.1. The molecule has 0 spiro atoms. The first-order valence-electron chi connectivity index (χ1n) is 25.8. The van der Waals surface area contributed by atoms with Gasteiger partial charge in [-0.2, -0.15) is 0 Å². The van der Waals surface area contributed by atoms with E-state index in [9.17, 15) is 35.4 Å². The van der Waals surface area contributed by atoms with Gasteiger partial charge in [0.25, 0.3) is 0 Å². The van der Waals surface area contributed by atoms with Gasteiger partial charge in [-0.25, -0.2) is 0 Å². The summed E-state index contributed by atoms with van der Waals surface area (Å²) < 4.78 is 11.4. The van der Waals surface area contributed by atoms with Gasteiger partial charge in [0.05, 0.1) is 31.0 Å². The van der Waals surface area contributed by atoms with E-state index in [-0.39, 0.29) is 18.7 Å². The predicted octanol–water partition coefficient (Wildman–Crippen LogP) is 10.1. The number of ether oxygens (including phenoxy) is 2. The third-order valence-electron chi connectivity index (χ3n) is 12.8. The van der Waals surface area contributed by atoms with Crippen LogP contribution >= 0.6 is 0 Å². The Bertz CT molecular complexity index is 926. The Morgan fingerprint density at radius 2 is 0.900 bits per heavy atom. The van der Waals surface area contributed by atoms with Gasteiger partial charge < -0.3 is 45.4 Å². The van der Waals surface area contributed by atoms with Gasteiger partial charge in [-0.3, -0.25) is 4.79 Å². The summed E-state index contributed by atoms with van der Waals surface area (Å²) in [4.78, 5) is 13.1. The molecule has 0 bridgehead atoms. The molecule has 0 aromatic heterocycles. The van der Waals surface area contributed by atoms with Crippen molar-refractivity contribution in [1.29, 1.82) is 0 Å². The highest BCUT2D eigenvalue weighted by molar-refractivity contribution is 5.76. The van der Waals surface area contributed by atoms with Crippen LogP contribution in [-0.2, 0) is 14.3 Å². The average molecular weight is 858 g/mol. The summed E-state index contributed by atoms with van der Waals surface area (Å²) in [7, 11) is 0. The van der Waals surface area contributed by atoms with Crippen molar-refractivity contribution < 1.29 is 44.9 Å². The van der Waals surface area contributed by atoms with Crippen LogP contribution < -0.4 is 5.32 Å². The first-order valence-corrected chi connectivity index (χ1v) is 25.8. The van der Waals surface area contributed by atoms with Gasteiger partial charge in [0.1, 0.15) is 24.4 Å². The molecule has 0 aromatic carbocycles. The first kappa shape index (κ1) is 57.2. The summed E-state index contributed by atoms with van der Waals surface area (Å²) in [5.74, 6) is -0.177. The molecule has 0 saturated carbocycles. The lowest BCUT2D eigenvalue weighted by Crippen LogP contribution is -2.59. The molecule has 2 unspecified atom stereocenters. The van der Waals surface area contributed by atoms with E-state index < -0.39 is 55.4 Å². The molecule has 10 nitrogen and oxygen atoms in total. The second-order valence-corrected chi connectivity index (χ2v) is 18.4. The Kier molecular flexibility index (Phi) is 39.0. The number of amides is 1. The minimum absolute atomic E-state index is 0.158. The van der Waals surface area contributed by atoms with Gasteiger partial charge in [0.2, 0.25) is 5.91 Å². The largest absolute Gasteiger partial charge is 0.394 e. The number of carbonyl (C=O) groups excluding carboxylic acids is 1. The van der Waals surface area contributed by atoms with Crippen molar-refractivity contribution in [3.63, 3.8) is 0 Å². The zero-order valence-corrected chi connectivity index (χ0v) is 39.1. The topological polar surface area (TPSA) is 169 Å². The summed E-state index contributed by atoms with van der Waals surface area (Å²) >= 11 is 0. The summed E-state index contributed by atoms with van der Waals surface area (Å²) in [6.45, 7) is 5.83. The fourth-order valence-corrected chi connectivity index (χ4v) is 8.70. The van der Waals surface area contributed by atoms with Crippen molar-refractivity contribution >= 4 is 5.91 Å². The lowest BCUT2D eigenvalue weighted by Gasteiger charge is -2.40. The molecule has 1 aliphatic rings. The van der Waals surface area contributed by atoms with Crippen LogP contribution in [0.15, 0.2) is 0 Å². The van der Waals surface area contributed by atoms with E-state index >= 15 is 0 Å². The molecule has 1 heterocycles. The SMILES string of the molecule is CCCCCCCCCCCCCC[C@@H](O)[C@@H](O)[C@H](CC[C@H]1OC(CO)[C@H](O)[C@H](O)C1O)NC(=O)CCCCCCCCCCCCCCCCCCCOCCCCC. The van der Waals surface area contributed by atoms with Crippen molar-refractivity contribution in [3.8, 4) is 0 Å². The molecule has 0 aliphatic carbocycles. The van der Waals surface area contributed by atoms with Crippen LogP contribution in [0.5, 0.6) is 0 Å². The molecule has 7 N–H and O–H groups in total. The number of aliphatic hydroxyl groups is 6. The van der Waals surface area contributed by atoms with E-state index in [1.54, 1.807) is 0 Å². The highest BCUT2D eigenvalue weighted by Gasteiger charge is 2.43. The van der Waals surface area contributed by atoms with Crippen LogP contribution in [0.25, 0.3) is 0 Å². The molecule has 8 atom stereocenters. The van der Waals surface area contributed by atoms with E-state index in [4.69, 9.17) is 9.47 Å². The number of hydrogen-bond acceptors (Lipinski definition) is 9. The highest BCUT2D eigenvalue weighted by atomic mass is 16.5. The molecule has 60 heavy (non-hydrogen) atoms. The number of rotatable bonds is 44. The van der Waals surface area contributed by atoms with Gasteiger partial charge >= 0.3 is 0 Å². The van der Waals surface area contributed by atoms with Crippen LogP contribution in [0.1, 0.15) is 245 Å². The zero-order chi connectivity index (χ0) is 43.9. The van der Waals surface area contributed by atoms with Gasteiger partial charge in [-0.15, -0.1) is 0 Å². The van der Waals surface area contributed by atoms with Crippen LogP contribution in [-0.4, -0.2) is 105 Å². The standard InChI is InChI=1S/C50H99NO9/c1-3-5-7-8-9-10-11-19-22-25-28-31-35-43(53)47(55)42(37-38-44-48(56)50(58)49(57)45(41-52)60-44)51-46(54)36-32-29-26-23-20-17-15-13-12-14-16-18-21-24-27-30-34-40-59-39-33-6-4-2/h42-45,47-50,52-53,55-58H,3-41H2,1-2H3,(H,51,54)/t42-,43+,44+,45?,47-,48?,49-,50+/m0/s1. The first-order chi connectivity index (χ1) is 29.3. The maximum absolute atomic E-state index is 13.1. The Morgan fingerprint density at radius 1 is 0.517 bits per heavy atom. The van der Waals surface area contributed by atoms with Crippen LogP contribution in [0.2, 0.25) is 0 Å². The van der Waals surface area contributed by atoms with Crippen LogP contribution in [0.3, 0.4) is 0 Å². The average Bonchev–Trinajstić information content (AvgIpc) is 3.25. The second kappa shape index (κ2) is 40.9. The molecule has 1 saturated heterocycles. The lowest BCUT2D eigenvalue weighted by molar-refractivity contribution is -0.231. The summed E-state index contributed by atoms with van der Waals surface area (Å²) in [5.41, 5.74) is 0. The van der Waals surface area contributed by atoms with Gasteiger partial charge in [0, 0.05) is 19.6 Å². The van der Waals surface area contributed by atoms with Crippen molar-refractivity contribution in [2.75, 3.05) is 19.8 Å². The minimum Gasteiger partial charge on any atom is -0.394 e. The fraction of sp³-hybridized carbons (Fsp3) is 0.980. The predicted molar refractivity (Wildman–Crippen MR) is 246 cm³/mol. The zero-order valence-electron chi connectivity index (χ0n) is 39.1. The Labute approximate surface area is 368 Å². The van der Waals surface area contributed by atoms with E-state index in [0.29, 0.717) is 12.8 Å². The minimum atomic E-state index is -1.48. The van der Waals surface area contributed by atoms with Crippen LogP contribution in [0.4, 0.5) is 0 Å². The molecule has 1 fully saturated rings. The molecule has 1 aliphatic heterocycles. The third kappa shape index (κ3) is 30.3. The van der Waals surface area contributed by atoms with Gasteiger partial charge in [-0.05, 0) is 38.5 Å². The highest BCUT2D eigenvalue weighted by Crippen LogP contribution is 2.26. The molecular weight excluding hydrogens is 759 g/mol. The number of hydrogen-bond donors (Lipinski definition) is 7. The molecule has 358 valence electrons. The van der Waals surface area contributed by atoms with Crippen molar-refractivity contribution in [2.24, 2.45) is 0 Å². The lowest BCUT2D eigenvalue weighted by atomic mass is 9.90. The Hall–Kier alpha value is -0.850. The summed E-state index contributed by atoms with van der Waals surface area (Å²) in [6.07, 6.45) is 32.2. The quantitative estimate of drug-likeness (QED) is 0.0295. The molecule has 1 rings (SSSR count). The fourth-order valence-electron chi connectivity index (χ4n) is 8.70. The van der Waals surface area contributed by atoms with E-state index in [2.05, 4.69) is 19.2 Å². The molecule has 10 heteroatoms. The number of aliphatic hydroxyl groups excluding tert-OH is 6. The van der Waals surface area contributed by atoms with Crippen molar-refractivity contribution in [1.82, 2.24) is 5.32 Å². The molecular formula is C50H99NO9. The van der Waals surface area contributed by atoms with Gasteiger partial charge in [-0.1, -0.05) is 200 Å². The maximum Gasteiger partial charge on any atom is 0.220 e. The number of nitrogens with one attached hydrogen (secondary N) is 1. The Balaban J connectivity index is 2.26. The smallest absolute Gasteiger partial charge is 0.220 e. The van der Waals surface area contributed by atoms with E-state index in [1.807, 2.05) is 0 Å². The summed E-state index contributed by atoms with van der Waals surface area (Å²) in [5, 5.41) is 65.8. The second-order valence-electron chi connectivity index (χ2n) is 18.4. The third-order valence-corrected chi connectivity index (χ3v) is 12.8. The Morgan fingerprint density at radius 3 is 1.37 bits per heavy atom. The van der Waals surface area contributed by atoms with Crippen molar-refractivity contribution in [3.05, 3.63) is 0 Å². The number of carbonyl (C=O) groups is 1. The number of unbranched alkanes of at least 4 members (excludes halogenated alkanes) is 29. The summed E-state index contributed by atoms with van der Waals surface area (Å²) in [6, 6.07) is -0.766. The van der Waals surface area contributed by atoms with Crippen LogP contribution in [0, 0.1) is 0 Å². The van der Waals surface area contributed by atoms with Crippen molar-refractivity contribution in [2.45, 2.75) is 294 Å². The molecule has 0 aromatic rings. The van der Waals surface area contributed by atoms with E-state index in [0.717, 1.165) is 51.7 Å². The molecule has 0 radical (unpaired) electrons. The van der Waals surface area contributed by atoms with E-state index in [1.165, 1.54) is 167 Å². The normalized spacial score (nSPS) is 21.0. The van der Waals surface area contributed by atoms with Gasteiger partial charge in [0.15, 0.2) is 0 Å².